The predicted octanol–water partition coefficient (Wildman–Crippen LogP) is 5.09. The zero-order valence-corrected chi connectivity index (χ0v) is 10.5. The molecule has 90 valence electrons. The van der Waals surface area contributed by atoms with Crippen molar-refractivity contribution in [2.24, 2.45) is 0 Å². The second kappa shape index (κ2) is 6.61. The van der Waals surface area contributed by atoms with Gasteiger partial charge in [0.15, 0.2) is 0 Å². The smallest absolute Gasteiger partial charge is 0.0224 e. The fourth-order valence-corrected chi connectivity index (χ4v) is 2.03. The number of hydrogen-bond acceptors (Lipinski definition) is 0. The predicted molar refractivity (Wildman–Crippen MR) is 80.2 cm³/mol. The first-order chi connectivity index (χ1) is 8.90. The summed E-state index contributed by atoms with van der Waals surface area (Å²) in [4.78, 5) is 0. The molecule has 1 aliphatic carbocycles. The van der Waals surface area contributed by atoms with Crippen LogP contribution in [0.25, 0.3) is 5.57 Å². The van der Waals surface area contributed by atoms with Crippen molar-refractivity contribution >= 4 is 5.57 Å². The lowest BCUT2D eigenvalue weighted by atomic mass is 9.93. The largest absolute Gasteiger partial charge is 0.0991 e. The fraction of sp³-hybridized carbons (Fsp3) is 0.111. The Morgan fingerprint density at radius 3 is 2.61 bits per heavy atom. The highest BCUT2D eigenvalue weighted by Crippen LogP contribution is 2.26. The number of rotatable bonds is 4. The van der Waals surface area contributed by atoms with Crippen LogP contribution in [0.1, 0.15) is 18.4 Å². The van der Waals surface area contributed by atoms with Crippen LogP contribution in [0.3, 0.4) is 0 Å². The lowest BCUT2D eigenvalue weighted by molar-refractivity contribution is 1.04. The molecule has 1 aromatic rings. The Balaban J connectivity index is 2.13. The second-order valence-electron chi connectivity index (χ2n) is 4.26. The average Bonchev–Trinajstić information content (AvgIpc) is 2.45. The molecule has 0 N–H and O–H groups in total. The SMILES string of the molecule is C=C/C=C\C=C/C1=CCCC(c2ccccc2)=C1. The van der Waals surface area contributed by atoms with Crippen molar-refractivity contribution in [1.29, 1.82) is 0 Å². The zero-order chi connectivity index (χ0) is 12.6. The molecule has 0 atom stereocenters. The quantitative estimate of drug-likeness (QED) is 0.637. The van der Waals surface area contributed by atoms with Gasteiger partial charge >= 0.3 is 0 Å². The summed E-state index contributed by atoms with van der Waals surface area (Å²) in [5.74, 6) is 0. The van der Waals surface area contributed by atoms with Gasteiger partial charge in [0.2, 0.25) is 0 Å². The van der Waals surface area contributed by atoms with Crippen molar-refractivity contribution in [3.63, 3.8) is 0 Å². The molecule has 2 rings (SSSR count). The summed E-state index contributed by atoms with van der Waals surface area (Å²) in [6.07, 6.45) is 16.7. The maximum absolute atomic E-state index is 3.65. The minimum Gasteiger partial charge on any atom is -0.0991 e. The van der Waals surface area contributed by atoms with E-state index in [4.69, 9.17) is 0 Å². The van der Waals surface area contributed by atoms with Gasteiger partial charge in [-0.15, -0.1) is 0 Å². The third kappa shape index (κ3) is 3.46. The van der Waals surface area contributed by atoms with Crippen molar-refractivity contribution in [3.05, 3.63) is 90.6 Å². The van der Waals surface area contributed by atoms with Crippen molar-refractivity contribution < 1.29 is 0 Å². The molecule has 0 saturated carbocycles. The van der Waals surface area contributed by atoms with Crippen molar-refractivity contribution in [2.75, 3.05) is 0 Å². The summed E-state index contributed by atoms with van der Waals surface area (Å²) < 4.78 is 0. The summed E-state index contributed by atoms with van der Waals surface area (Å²) in [5.41, 5.74) is 4.04. The van der Waals surface area contributed by atoms with Gasteiger partial charge in [0.05, 0.1) is 0 Å². The van der Waals surface area contributed by atoms with Crippen LogP contribution in [0.15, 0.2) is 85.0 Å². The number of hydrogen-bond donors (Lipinski definition) is 0. The Morgan fingerprint density at radius 2 is 1.83 bits per heavy atom. The molecule has 0 aromatic heterocycles. The summed E-state index contributed by atoms with van der Waals surface area (Å²) in [7, 11) is 0. The highest BCUT2D eigenvalue weighted by Gasteiger charge is 2.05. The van der Waals surface area contributed by atoms with Crippen LogP contribution in [0, 0.1) is 0 Å². The summed E-state index contributed by atoms with van der Waals surface area (Å²) in [6.45, 7) is 3.65. The van der Waals surface area contributed by atoms with Gasteiger partial charge in [0, 0.05) is 0 Å². The molecule has 0 heteroatoms. The molecule has 0 saturated heterocycles. The minimum atomic E-state index is 1.12. The Bertz CT molecular complexity index is 510. The molecule has 0 amide bonds. The van der Waals surface area contributed by atoms with Gasteiger partial charge in [-0.2, -0.15) is 0 Å². The van der Waals surface area contributed by atoms with Gasteiger partial charge in [0.1, 0.15) is 0 Å². The Morgan fingerprint density at radius 1 is 1.00 bits per heavy atom. The monoisotopic (exact) mass is 234 g/mol. The molecule has 1 aliphatic rings. The van der Waals surface area contributed by atoms with Gasteiger partial charge < -0.3 is 0 Å². The van der Waals surface area contributed by atoms with Crippen LogP contribution in [0.2, 0.25) is 0 Å². The van der Waals surface area contributed by atoms with Crippen LogP contribution >= 0.6 is 0 Å². The number of benzene rings is 1. The average molecular weight is 234 g/mol. The summed E-state index contributed by atoms with van der Waals surface area (Å²) >= 11 is 0. The van der Waals surface area contributed by atoms with E-state index in [9.17, 15) is 0 Å². The first-order valence-corrected chi connectivity index (χ1v) is 6.32. The topological polar surface area (TPSA) is 0 Å². The zero-order valence-electron chi connectivity index (χ0n) is 10.5. The Kier molecular flexibility index (Phi) is 4.54. The summed E-state index contributed by atoms with van der Waals surface area (Å²) in [5, 5.41) is 0. The highest BCUT2D eigenvalue weighted by molar-refractivity contribution is 5.70. The third-order valence-corrected chi connectivity index (χ3v) is 2.93. The van der Waals surface area contributed by atoms with Gasteiger partial charge in [0.25, 0.3) is 0 Å². The van der Waals surface area contributed by atoms with Crippen LogP contribution in [0.5, 0.6) is 0 Å². The van der Waals surface area contributed by atoms with E-state index in [1.54, 1.807) is 6.08 Å². The molecule has 1 aromatic carbocycles. The molecule has 0 heterocycles. The molecule has 0 spiro atoms. The van der Waals surface area contributed by atoms with Crippen LogP contribution < -0.4 is 0 Å². The van der Waals surface area contributed by atoms with Crippen LogP contribution in [-0.2, 0) is 0 Å². The first-order valence-electron chi connectivity index (χ1n) is 6.32. The molecule has 18 heavy (non-hydrogen) atoms. The molecule has 0 aliphatic heterocycles. The molecule has 0 nitrogen and oxygen atoms in total. The number of allylic oxidation sites excluding steroid dienone is 9. The van der Waals surface area contributed by atoms with E-state index in [1.165, 1.54) is 16.7 Å². The Labute approximate surface area is 109 Å². The van der Waals surface area contributed by atoms with E-state index in [2.05, 4.69) is 61.2 Å². The van der Waals surface area contributed by atoms with E-state index in [1.807, 2.05) is 12.2 Å². The molecule has 0 radical (unpaired) electrons. The van der Waals surface area contributed by atoms with Crippen molar-refractivity contribution in [1.82, 2.24) is 0 Å². The van der Waals surface area contributed by atoms with Gasteiger partial charge in [-0.05, 0) is 29.6 Å². The van der Waals surface area contributed by atoms with Gasteiger partial charge in [-0.3, -0.25) is 0 Å². The molecular weight excluding hydrogens is 216 g/mol. The maximum Gasteiger partial charge on any atom is -0.0224 e. The normalized spacial score (nSPS) is 15.8. The fourth-order valence-electron chi connectivity index (χ4n) is 2.03. The Hall–Kier alpha value is -2.08. The van der Waals surface area contributed by atoms with Gasteiger partial charge in [-0.1, -0.05) is 79.4 Å². The van der Waals surface area contributed by atoms with Crippen molar-refractivity contribution in [3.8, 4) is 0 Å². The van der Waals surface area contributed by atoms with E-state index >= 15 is 0 Å². The summed E-state index contributed by atoms with van der Waals surface area (Å²) in [6, 6.07) is 10.6. The van der Waals surface area contributed by atoms with E-state index in [0.29, 0.717) is 0 Å². The third-order valence-electron chi connectivity index (χ3n) is 2.93. The molecular formula is C18H18. The lowest BCUT2D eigenvalue weighted by Gasteiger charge is -2.12. The highest BCUT2D eigenvalue weighted by atomic mass is 14.1. The standard InChI is InChI=1S/C18H18/c1-2-3-4-6-10-16-11-9-14-18(15-16)17-12-7-5-8-13-17/h2-8,10-13,15H,1,9,14H2/b4-3-,10-6-. The van der Waals surface area contributed by atoms with Crippen LogP contribution in [-0.4, -0.2) is 0 Å². The van der Waals surface area contributed by atoms with Gasteiger partial charge in [-0.25, -0.2) is 0 Å². The maximum atomic E-state index is 3.65. The first kappa shape index (κ1) is 12.4. The van der Waals surface area contributed by atoms with E-state index in [0.717, 1.165) is 12.8 Å². The lowest BCUT2D eigenvalue weighted by Crippen LogP contribution is -1.90. The molecule has 0 bridgehead atoms. The van der Waals surface area contributed by atoms with Crippen LogP contribution in [0.4, 0.5) is 0 Å². The molecule has 0 unspecified atom stereocenters. The van der Waals surface area contributed by atoms with E-state index in [-0.39, 0.29) is 0 Å². The molecule has 0 fully saturated rings. The van der Waals surface area contributed by atoms with E-state index < -0.39 is 0 Å². The van der Waals surface area contributed by atoms with Crippen molar-refractivity contribution in [2.45, 2.75) is 12.8 Å². The minimum absolute atomic E-state index is 1.12. The second-order valence-corrected chi connectivity index (χ2v) is 4.26.